The highest BCUT2D eigenvalue weighted by atomic mass is 32.2. The van der Waals surface area contributed by atoms with E-state index in [1.54, 1.807) is 0 Å². The number of amidine groups is 1. The van der Waals surface area contributed by atoms with Crippen LogP contribution in [0.25, 0.3) is 0 Å². The van der Waals surface area contributed by atoms with Gasteiger partial charge >= 0.3 is 0 Å². The van der Waals surface area contributed by atoms with Gasteiger partial charge in [-0.05, 0) is 17.8 Å². The lowest BCUT2D eigenvalue weighted by Crippen LogP contribution is -2.27. The Bertz CT molecular complexity index is 255. The first-order chi connectivity index (χ1) is 6.47. The molecule has 2 rings (SSSR count). The van der Waals surface area contributed by atoms with Gasteiger partial charge in [-0.2, -0.15) is 0 Å². The third-order valence-corrected chi connectivity index (χ3v) is 4.65. The highest BCUT2D eigenvalue weighted by Crippen LogP contribution is 2.36. The maximum absolute atomic E-state index is 4.57. The highest BCUT2D eigenvalue weighted by Gasteiger charge is 2.36. The Morgan fingerprint density at radius 1 is 1.43 bits per heavy atom. The van der Waals surface area contributed by atoms with Gasteiger partial charge in [-0.25, -0.2) is 0 Å². The van der Waals surface area contributed by atoms with Crippen LogP contribution in [0, 0.1) is 11.3 Å². The van der Waals surface area contributed by atoms with Gasteiger partial charge in [0.05, 0.1) is 6.54 Å². The number of hydrogen-bond acceptors (Lipinski definition) is 3. The fraction of sp³-hybridized carbons (Fsp3) is 0.909. The van der Waals surface area contributed by atoms with Crippen molar-refractivity contribution in [2.75, 3.05) is 6.54 Å². The Hall–Kier alpha value is -0.180. The van der Waals surface area contributed by atoms with Crippen molar-refractivity contribution in [3.05, 3.63) is 0 Å². The second kappa shape index (κ2) is 3.44. The summed E-state index contributed by atoms with van der Waals surface area (Å²) < 4.78 is 0. The molecule has 1 aliphatic heterocycles. The minimum absolute atomic E-state index is 0.368. The van der Waals surface area contributed by atoms with Gasteiger partial charge in [0.1, 0.15) is 0 Å². The smallest absolute Gasteiger partial charge is 0.157 e. The average molecular weight is 212 g/mol. The molecule has 0 radical (unpaired) electrons. The minimum Gasteiger partial charge on any atom is -0.362 e. The molecule has 1 aliphatic carbocycles. The van der Waals surface area contributed by atoms with Gasteiger partial charge < -0.3 is 5.32 Å². The normalized spacial score (nSPS) is 36.9. The van der Waals surface area contributed by atoms with Gasteiger partial charge in [-0.15, -0.1) is 0 Å². The first-order valence-corrected chi connectivity index (χ1v) is 6.32. The van der Waals surface area contributed by atoms with E-state index in [0.717, 1.165) is 12.5 Å². The Morgan fingerprint density at radius 3 is 2.50 bits per heavy atom. The van der Waals surface area contributed by atoms with Crippen molar-refractivity contribution >= 4 is 16.9 Å². The summed E-state index contributed by atoms with van der Waals surface area (Å²) in [6.07, 6.45) is 1.32. The van der Waals surface area contributed by atoms with Crippen molar-refractivity contribution in [1.82, 2.24) is 5.32 Å². The summed E-state index contributed by atoms with van der Waals surface area (Å²) in [5.74, 6) is 0.854. The van der Waals surface area contributed by atoms with Crippen LogP contribution in [-0.2, 0) is 0 Å². The quantitative estimate of drug-likeness (QED) is 0.722. The molecule has 0 aromatic carbocycles. The third kappa shape index (κ3) is 2.25. The SMILES string of the molecule is CC1CC1NC1=NCC(C(C)(C)C)S1. The topological polar surface area (TPSA) is 24.4 Å². The highest BCUT2D eigenvalue weighted by molar-refractivity contribution is 8.14. The van der Waals surface area contributed by atoms with Crippen LogP contribution in [0.5, 0.6) is 0 Å². The zero-order chi connectivity index (χ0) is 10.3. The van der Waals surface area contributed by atoms with E-state index < -0.39 is 0 Å². The van der Waals surface area contributed by atoms with E-state index >= 15 is 0 Å². The molecule has 0 spiro atoms. The second-order valence-corrected chi connectivity index (χ2v) is 6.77. The van der Waals surface area contributed by atoms with E-state index in [-0.39, 0.29) is 0 Å². The van der Waals surface area contributed by atoms with Crippen molar-refractivity contribution in [3.63, 3.8) is 0 Å². The zero-order valence-electron chi connectivity index (χ0n) is 9.50. The van der Waals surface area contributed by atoms with E-state index in [4.69, 9.17) is 0 Å². The number of nitrogens with one attached hydrogen (secondary N) is 1. The largest absolute Gasteiger partial charge is 0.362 e. The Kier molecular flexibility index (Phi) is 2.54. The molecule has 0 amide bonds. The van der Waals surface area contributed by atoms with Crippen LogP contribution < -0.4 is 5.32 Å². The molecule has 2 nitrogen and oxygen atoms in total. The summed E-state index contributed by atoms with van der Waals surface area (Å²) in [5.41, 5.74) is 0.368. The number of rotatable bonds is 1. The molecular weight excluding hydrogens is 192 g/mol. The number of aliphatic imine (C=N–C) groups is 1. The summed E-state index contributed by atoms with van der Waals surface area (Å²) in [5, 5.41) is 5.35. The standard InChI is InChI=1S/C11H20N2S/c1-7-5-8(7)13-10-12-6-9(14-10)11(2,3)4/h7-9H,5-6H2,1-4H3,(H,12,13). The predicted octanol–water partition coefficient (Wildman–Crippen LogP) is 2.50. The van der Waals surface area contributed by atoms with E-state index in [1.807, 2.05) is 11.8 Å². The van der Waals surface area contributed by atoms with Crippen molar-refractivity contribution in [2.24, 2.45) is 16.3 Å². The molecule has 1 fully saturated rings. The van der Waals surface area contributed by atoms with E-state index in [9.17, 15) is 0 Å². The van der Waals surface area contributed by atoms with Gasteiger partial charge in [0, 0.05) is 11.3 Å². The lowest BCUT2D eigenvalue weighted by atomic mass is 9.92. The fourth-order valence-electron chi connectivity index (χ4n) is 1.59. The van der Waals surface area contributed by atoms with Crippen molar-refractivity contribution in [2.45, 2.75) is 45.4 Å². The molecule has 1 saturated carbocycles. The van der Waals surface area contributed by atoms with Crippen LogP contribution >= 0.6 is 11.8 Å². The van der Waals surface area contributed by atoms with Crippen molar-refractivity contribution < 1.29 is 0 Å². The summed E-state index contributed by atoms with van der Waals surface area (Å²) >= 11 is 1.93. The summed E-state index contributed by atoms with van der Waals surface area (Å²) in [7, 11) is 0. The molecule has 0 aromatic rings. The Balaban J connectivity index is 1.82. The minimum atomic E-state index is 0.368. The zero-order valence-corrected chi connectivity index (χ0v) is 10.3. The summed E-state index contributed by atoms with van der Waals surface area (Å²) in [6, 6.07) is 0.708. The van der Waals surface area contributed by atoms with Gasteiger partial charge in [-0.3, -0.25) is 4.99 Å². The maximum atomic E-state index is 4.57. The molecule has 0 aromatic heterocycles. The second-order valence-electron chi connectivity index (χ2n) is 5.58. The lowest BCUT2D eigenvalue weighted by Gasteiger charge is -2.24. The summed E-state index contributed by atoms with van der Waals surface area (Å²) in [6.45, 7) is 10.2. The molecule has 80 valence electrons. The maximum Gasteiger partial charge on any atom is 0.157 e. The van der Waals surface area contributed by atoms with Crippen LogP contribution in [0.2, 0.25) is 0 Å². The molecule has 2 aliphatic rings. The first-order valence-electron chi connectivity index (χ1n) is 5.44. The molecule has 3 unspecified atom stereocenters. The molecule has 1 heterocycles. The molecule has 14 heavy (non-hydrogen) atoms. The van der Waals surface area contributed by atoms with E-state index in [1.165, 1.54) is 11.6 Å². The van der Waals surface area contributed by atoms with Gasteiger partial charge in [-0.1, -0.05) is 39.5 Å². The molecule has 3 atom stereocenters. The molecule has 0 bridgehead atoms. The van der Waals surface area contributed by atoms with Crippen LogP contribution in [-0.4, -0.2) is 23.0 Å². The molecule has 3 heteroatoms. The number of thioether (sulfide) groups is 1. The lowest BCUT2D eigenvalue weighted by molar-refractivity contribution is 0.402. The van der Waals surface area contributed by atoms with Crippen molar-refractivity contribution in [3.8, 4) is 0 Å². The van der Waals surface area contributed by atoms with Crippen LogP contribution in [0.15, 0.2) is 4.99 Å². The monoisotopic (exact) mass is 212 g/mol. The molecule has 0 saturated heterocycles. The summed E-state index contributed by atoms with van der Waals surface area (Å²) in [4.78, 5) is 4.57. The number of nitrogens with zero attached hydrogens (tertiary/aromatic N) is 1. The predicted molar refractivity (Wildman–Crippen MR) is 63.8 cm³/mol. The van der Waals surface area contributed by atoms with E-state index in [0.29, 0.717) is 16.7 Å². The van der Waals surface area contributed by atoms with Gasteiger partial charge in [0.15, 0.2) is 5.17 Å². The fourth-order valence-corrected chi connectivity index (χ4v) is 2.73. The Morgan fingerprint density at radius 2 is 2.07 bits per heavy atom. The number of hydrogen-bond donors (Lipinski definition) is 1. The van der Waals surface area contributed by atoms with Crippen molar-refractivity contribution in [1.29, 1.82) is 0 Å². The van der Waals surface area contributed by atoms with Gasteiger partial charge in [0.2, 0.25) is 0 Å². The van der Waals surface area contributed by atoms with Crippen LogP contribution in [0.4, 0.5) is 0 Å². The Labute approximate surface area is 90.9 Å². The van der Waals surface area contributed by atoms with E-state index in [2.05, 4.69) is 38.0 Å². The molecule has 1 N–H and O–H groups in total. The average Bonchev–Trinajstić information content (AvgIpc) is 2.60. The van der Waals surface area contributed by atoms with Crippen LogP contribution in [0.1, 0.15) is 34.1 Å². The third-order valence-electron chi connectivity index (χ3n) is 3.04. The molecular formula is C11H20N2S. The first kappa shape index (κ1) is 10.3. The van der Waals surface area contributed by atoms with Gasteiger partial charge in [0.25, 0.3) is 0 Å². The van der Waals surface area contributed by atoms with Crippen LogP contribution in [0.3, 0.4) is 0 Å².